The summed E-state index contributed by atoms with van der Waals surface area (Å²) in [6, 6.07) is 5.01. The molecule has 0 aromatic carbocycles. The van der Waals surface area contributed by atoms with Crippen molar-refractivity contribution < 1.29 is 9.90 Å². The number of aryl methyl sites for hydroxylation is 1. The van der Waals surface area contributed by atoms with Gasteiger partial charge in [0.25, 0.3) is 0 Å². The first-order valence-electron chi connectivity index (χ1n) is 8.18. The molecule has 6 nitrogen and oxygen atoms in total. The summed E-state index contributed by atoms with van der Waals surface area (Å²) >= 11 is 0. The van der Waals surface area contributed by atoms with Crippen molar-refractivity contribution in [1.29, 1.82) is 0 Å². The summed E-state index contributed by atoms with van der Waals surface area (Å²) in [5, 5.41) is 12.5. The van der Waals surface area contributed by atoms with Crippen LogP contribution in [-0.2, 0) is 11.3 Å². The third-order valence-corrected chi connectivity index (χ3v) is 4.69. The van der Waals surface area contributed by atoms with Gasteiger partial charge in [-0.15, -0.1) is 0 Å². The van der Waals surface area contributed by atoms with Crippen LogP contribution in [0.2, 0.25) is 0 Å². The molecule has 1 saturated carbocycles. The van der Waals surface area contributed by atoms with Gasteiger partial charge >= 0.3 is 5.97 Å². The zero-order valence-electron chi connectivity index (χ0n) is 13.7. The fraction of sp³-hybridized carbons (Fsp3) is 0.529. The van der Waals surface area contributed by atoms with Gasteiger partial charge in [-0.05, 0) is 44.0 Å². The third kappa shape index (κ3) is 3.54. The maximum Gasteiger partial charge on any atom is 0.317 e. The molecule has 2 aromatic heterocycles. The lowest BCUT2D eigenvalue weighted by Gasteiger charge is -2.42. The highest BCUT2D eigenvalue weighted by molar-refractivity contribution is 5.69. The number of fused-ring (bicyclic) bond motifs is 1. The van der Waals surface area contributed by atoms with Gasteiger partial charge < -0.3 is 14.8 Å². The second-order valence-corrected chi connectivity index (χ2v) is 6.34. The zero-order chi connectivity index (χ0) is 16.4. The Bertz CT molecular complexity index is 691. The van der Waals surface area contributed by atoms with E-state index in [0.29, 0.717) is 12.1 Å². The average Bonchev–Trinajstić information content (AvgIpc) is 2.86. The van der Waals surface area contributed by atoms with Crippen molar-refractivity contribution in [3.8, 4) is 0 Å². The predicted octanol–water partition coefficient (Wildman–Crippen LogP) is 1.67. The summed E-state index contributed by atoms with van der Waals surface area (Å²) < 4.78 is 2.11. The van der Waals surface area contributed by atoms with E-state index in [1.807, 2.05) is 18.0 Å². The summed E-state index contributed by atoms with van der Waals surface area (Å²) in [5.41, 5.74) is 3.34. The van der Waals surface area contributed by atoms with Gasteiger partial charge in [-0.1, -0.05) is 6.92 Å². The molecule has 1 aliphatic carbocycles. The van der Waals surface area contributed by atoms with Crippen LogP contribution in [0.1, 0.15) is 31.0 Å². The number of carboxylic acid groups (broad SMARTS) is 1. The number of carbonyl (C=O) groups is 1. The zero-order valence-corrected chi connectivity index (χ0v) is 13.7. The van der Waals surface area contributed by atoms with Crippen LogP contribution in [0, 0.1) is 6.92 Å². The van der Waals surface area contributed by atoms with E-state index in [4.69, 9.17) is 5.11 Å². The Labute approximate surface area is 136 Å². The van der Waals surface area contributed by atoms with Crippen molar-refractivity contribution in [2.75, 3.05) is 13.1 Å². The predicted molar refractivity (Wildman–Crippen MR) is 88.5 cm³/mol. The number of likely N-dealkylation sites (N-methyl/N-ethyl adjacent to an activating group) is 1. The fourth-order valence-corrected chi connectivity index (χ4v) is 3.24. The molecule has 0 spiro atoms. The van der Waals surface area contributed by atoms with Crippen LogP contribution in [0.4, 0.5) is 0 Å². The van der Waals surface area contributed by atoms with Gasteiger partial charge in [0, 0.05) is 24.8 Å². The van der Waals surface area contributed by atoms with Crippen molar-refractivity contribution in [1.82, 2.24) is 19.6 Å². The number of hydrogen-bond donors (Lipinski definition) is 2. The molecular formula is C17H24N4O2. The van der Waals surface area contributed by atoms with Gasteiger partial charge in [-0.3, -0.25) is 9.69 Å². The van der Waals surface area contributed by atoms with E-state index >= 15 is 0 Å². The van der Waals surface area contributed by atoms with Crippen LogP contribution in [0.5, 0.6) is 0 Å². The summed E-state index contributed by atoms with van der Waals surface area (Å²) in [6.07, 6.45) is 6.00. The van der Waals surface area contributed by atoms with Crippen molar-refractivity contribution >= 4 is 11.6 Å². The second kappa shape index (κ2) is 6.68. The number of carboxylic acids is 1. The highest BCUT2D eigenvalue weighted by Crippen LogP contribution is 2.25. The SMILES string of the molecule is CCN(CC(=O)O)C1CC(NCc2cnc3cc(C)ccn23)C1. The van der Waals surface area contributed by atoms with Crippen LogP contribution in [-0.4, -0.2) is 50.5 Å². The molecule has 0 bridgehead atoms. The molecule has 0 saturated heterocycles. The maximum atomic E-state index is 10.9. The first kappa shape index (κ1) is 16.0. The largest absolute Gasteiger partial charge is 0.480 e. The number of nitrogens with one attached hydrogen (secondary N) is 1. The summed E-state index contributed by atoms with van der Waals surface area (Å²) in [6.45, 7) is 5.80. The molecule has 0 atom stereocenters. The van der Waals surface area contributed by atoms with Gasteiger partial charge in [-0.25, -0.2) is 4.98 Å². The number of pyridine rings is 1. The Morgan fingerprint density at radius 2 is 2.30 bits per heavy atom. The lowest BCUT2D eigenvalue weighted by Crippen LogP contribution is -2.53. The van der Waals surface area contributed by atoms with E-state index in [-0.39, 0.29) is 6.54 Å². The molecule has 0 unspecified atom stereocenters. The van der Waals surface area contributed by atoms with Gasteiger partial charge in [-0.2, -0.15) is 0 Å². The maximum absolute atomic E-state index is 10.9. The number of rotatable bonds is 7. The molecule has 2 aromatic rings. The van der Waals surface area contributed by atoms with Gasteiger partial charge in [0.15, 0.2) is 0 Å². The van der Waals surface area contributed by atoms with Gasteiger partial charge in [0.1, 0.15) is 5.65 Å². The number of aromatic nitrogens is 2. The first-order chi connectivity index (χ1) is 11.1. The molecule has 2 heterocycles. The summed E-state index contributed by atoms with van der Waals surface area (Å²) in [5.74, 6) is -0.746. The highest BCUT2D eigenvalue weighted by atomic mass is 16.4. The number of hydrogen-bond acceptors (Lipinski definition) is 4. The van der Waals surface area contributed by atoms with Crippen molar-refractivity contribution in [3.63, 3.8) is 0 Å². The monoisotopic (exact) mass is 316 g/mol. The van der Waals surface area contributed by atoms with E-state index in [2.05, 4.69) is 40.0 Å². The summed E-state index contributed by atoms with van der Waals surface area (Å²) in [7, 11) is 0. The molecule has 3 rings (SSSR count). The quantitative estimate of drug-likeness (QED) is 0.813. The molecule has 124 valence electrons. The van der Waals surface area contributed by atoms with E-state index in [0.717, 1.165) is 37.3 Å². The van der Waals surface area contributed by atoms with Gasteiger partial charge in [0.05, 0.1) is 18.4 Å². The van der Waals surface area contributed by atoms with Crippen LogP contribution in [0.25, 0.3) is 5.65 Å². The molecule has 0 amide bonds. The lowest BCUT2D eigenvalue weighted by molar-refractivity contribution is -0.139. The molecule has 1 aliphatic rings. The van der Waals surface area contributed by atoms with Crippen LogP contribution in [0.15, 0.2) is 24.5 Å². The van der Waals surface area contributed by atoms with Crippen molar-refractivity contribution in [3.05, 3.63) is 35.8 Å². The highest BCUT2D eigenvalue weighted by Gasteiger charge is 2.33. The number of imidazole rings is 1. The molecule has 2 N–H and O–H groups in total. The Hall–Kier alpha value is -1.92. The Balaban J connectivity index is 1.51. The molecule has 0 aliphatic heterocycles. The first-order valence-corrected chi connectivity index (χ1v) is 8.18. The minimum atomic E-state index is -0.746. The molecule has 1 fully saturated rings. The molecule has 0 radical (unpaired) electrons. The standard InChI is InChI=1S/C17H24N4O2/c1-3-20(11-17(22)23)14-7-13(8-14)18-9-15-10-19-16-6-12(2)4-5-21(15)16/h4-6,10,13-14,18H,3,7-9,11H2,1-2H3,(H,22,23). The van der Waals surface area contributed by atoms with Crippen LogP contribution in [0.3, 0.4) is 0 Å². The van der Waals surface area contributed by atoms with Crippen LogP contribution >= 0.6 is 0 Å². The Morgan fingerprint density at radius 3 is 3.00 bits per heavy atom. The van der Waals surface area contributed by atoms with E-state index in [1.54, 1.807) is 0 Å². The molecule has 23 heavy (non-hydrogen) atoms. The number of nitrogens with zero attached hydrogens (tertiary/aromatic N) is 3. The third-order valence-electron chi connectivity index (χ3n) is 4.69. The second-order valence-electron chi connectivity index (χ2n) is 6.34. The smallest absolute Gasteiger partial charge is 0.317 e. The fourth-order valence-electron chi connectivity index (χ4n) is 3.24. The molecular weight excluding hydrogens is 292 g/mol. The molecule has 6 heteroatoms. The minimum Gasteiger partial charge on any atom is -0.480 e. The Morgan fingerprint density at radius 1 is 1.52 bits per heavy atom. The average molecular weight is 316 g/mol. The van der Waals surface area contributed by atoms with E-state index < -0.39 is 5.97 Å². The minimum absolute atomic E-state index is 0.139. The Kier molecular flexibility index (Phi) is 4.63. The topological polar surface area (TPSA) is 69.9 Å². The van der Waals surface area contributed by atoms with Crippen LogP contribution < -0.4 is 5.32 Å². The normalized spacial score (nSPS) is 20.8. The van der Waals surface area contributed by atoms with Crippen molar-refractivity contribution in [2.45, 2.75) is 45.3 Å². The summed E-state index contributed by atoms with van der Waals surface area (Å²) in [4.78, 5) is 17.3. The van der Waals surface area contributed by atoms with E-state index in [1.165, 1.54) is 5.56 Å². The van der Waals surface area contributed by atoms with Gasteiger partial charge in [0.2, 0.25) is 0 Å². The lowest BCUT2D eigenvalue weighted by atomic mass is 9.85. The van der Waals surface area contributed by atoms with E-state index in [9.17, 15) is 4.79 Å². The van der Waals surface area contributed by atoms with Crippen molar-refractivity contribution in [2.24, 2.45) is 0 Å². The number of aliphatic carboxylic acids is 1.